The van der Waals surface area contributed by atoms with Crippen LogP contribution in [0.15, 0.2) is 46.9 Å². The normalized spacial score (nSPS) is 13.3. The van der Waals surface area contributed by atoms with E-state index in [0.717, 1.165) is 0 Å². The lowest BCUT2D eigenvalue weighted by molar-refractivity contribution is 0.570. The highest BCUT2D eigenvalue weighted by atomic mass is 79.9. The van der Waals surface area contributed by atoms with Crippen LogP contribution < -0.4 is 5.32 Å². The van der Waals surface area contributed by atoms with Crippen molar-refractivity contribution in [3.63, 3.8) is 0 Å². The molecule has 2 aromatic rings. The second-order valence-electron chi connectivity index (χ2n) is 4.49. The molecule has 102 valence electrons. The highest BCUT2D eigenvalue weighted by Crippen LogP contribution is 2.29. The average molecular weight is 337 g/mol. The molecule has 2 aromatic carbocycles. The van der Waals surface area contributed by atoms with Crippen LogP contribution in [0.2, 0.25) is 0 Å². The van der Waals surface area contributed by atoms with Crippen molar-refractivity contribution in [2.75, 3.05) is 5.32 Å². The molecule has 0 radical (unpaired) electrons. The molecule has 0 spiro atoms. The molecule has 0 saturated heterocycles. The molecule has 5 heteroatoms. The van der Waals surface area contributed by atoms with Gasteiger partial charge in [0.05, 0.1) is 6.07 Å². The number of halogens is 3. The van der Waals surface area contributed by atoms with Crippen molar-refractivity contribution in [1.82, 2.24) is 0 Å². The standard InChI is InChI=1S/C15H11BrF2N2/c1-15(9-19,13-8-10(16)2-7-14(13)18)20-12-5-3-11(17)4-6-12/h2-8,20H,1H3. The molecule has 0 fully saturated rings. The van der Waals surface area contributed by atoms with Gasteiger partial charge in [-0.25, -0.2) is 8.78 Å². The molecule has 0 amide bonds. The molecule has 2 nitrogen and oxygen atoms in total. The van der Waals surface area contributed by atoms with Gasteiger partial charge in [-0.2, -0.15) is 5.26 Å². The van der Waals surface area contributed by atoms with Gasteiger partial charge in [-0.1, -0.05) is 15.9 Å². The molecule has 2 rings (SSSR count). The van der Waals surface area contributed by atoms with Crippen LogP contribution in [-0.2, 0) is 5.54 Å². The van der Waals surface area contributed by atoms with E-state index in [2.05, 4.69) is 27.3 Å². The summed E-state index contributed by atoms with van der Waals surface area (Å²) in [4.78, 5) is 0. The van der Waals surface area contributed by atoms with E-state index in [0.29, 0.717) is 10.2 Å². The molecule has 0 heterocycles. The van der Waals surface area contributed by atoms with Gasteiger partial charge in [-0.15, -0.1) is 0 Å². The summed E-state index contributed by atoms with van der Waals surface area (Å²) in [5.41, 5.74) is -0.500. The average Bonchev–Trinajstić information content (AvgIpc) is 2.44. The van der Waals surface area contributed by atoms with Crippen LogP contribution in [0.5, 0.6) is 0 Å². The van der Waals surface area contributed by atoms with Gasteiger partial charge in [0.25, 0.3) is 0 Å². The number of nitriles is 1. The fraction of sp³-hybridized carbons (Fsp3) is 0.133. The van der Waals surface area contributed by atoms with Crippen molar-refractivity contribution >= 4 is 21.6 Å². The number of nitrogens with one attached hydrogen (secondary N) is 1. The van der Waals surface area contributed by atoms with Gasteiger partial charge < -0.3 is 5.32 Å². The molecule has 0 aliphatic carbocycles. The third-order valence-corrected chi connectivity index (χ3v) is 3.42. The van der Waals surface area contributed by atoms with Crippen LogP contribution >= 0.6 is 15.9 Å². The maximum absolute atomic E-state index is 13.9. The van der Waals surface area contributed by atoms with E-state index < -0.39 is 11.4 Å². The molecule has 1 N–H and O–H groups in total. The molecule has 0 aromatic heterocycles. The first-order valence-corrected chi connectivity index (χ1v) is 6.64. The van der Waals surface area contributed by atoms with Gasteiger partial charge in [0.2, 0.25) is 0 Å². The Morgan fingerprint density at radius 1 is 1.15 bits per heavy atom. The Balaban J connectivity index is 2.41. The van der Waals surface area contributed by atoms with Crippen LogP contribution in [0, 0.1) is 23.0 Å². The zero-order chi connectivity index (χ0) is 14.8. The molecule has 0 aliphatic rings. The number of anilines is 1. The Labute approximate surface area is 124 Å². The predicted molar refractivity (Wildman–Crippen MR) is 77.1 cm³/mol. The SMILES string of the molecule is CC(C#N)(Nc1ccc(F)cc1)c1cc(Br)ccc1F. The lowest BCUT2D eigenvalue weighted by Gasteiger charge is -2.25. The van der Waals surface area contributed by atoms with Crippen LogP contribution in [0.1, 0.15) is 12.5 Å². The minimum absolute atomic E-state index is 0.221. The summed E-state index contributed by atoms with van der Waals surface area (Å²) in [6, 6.07) is 12.0. The highest BCUT2D eigenvalue weighted by Gasteiger charge is 2.29. The summed E-state index contributed by atoms with van der Waals surface area (Å²) in [5, 5.41) is 12.3. The van der Waals surface area contributed by atoms with Gasteiger partial charge in [-0.05, 0) is 49.4 Å². The van der Waals surface area contributed by atoms with E-state index >= 15 is 0 Å². The zero-order valence-electron chi connectivity index (χ0n) is 10.6. The smallest absolute Gasteiger partial charge is 0.151 e. The third-order valence-electron chi connectivity index (χ3n) is 2.93. The van der Waals surface area contributed by atoms with E-state index in [-0.39, 0.29) is 11.4 Å². The second-order valence-corrected chi connectivity index (χ2v) is 5.41. The quantitative estimate of drug-likeness (QED) is 0.890. The van der Waals surface area contributed by atoms with Crippen molar-refractivity contribution in [1.29, 1.82) is 5.26 Å². The molecule has 0 aliphatic heterocycles. The van der Waals surface area contributed by atoms with Crippen molar-refractivity contribution in [3.8, 4) is 6.07 Å². The van der Waals surface area contributed by atoms with Gasteiger partial charge >= 0.3 is 0 Å². The predicted octanol–water partition coefficient (Wildman–Crippen LogP) is 4.58. The number of benzene rings is 2. The van der Waals surface area contributed by atoms with E-state index in [1.54, 1.807) is 19.1 Å². The van der Waals surface area contributed by atoms with Crippen molar-refractivity contribution in [2.24, 2.45) is 0 Å². The molecule has 20 heavy (non-hydrogen) atoms. The van der Waals surface area contributed by atoms with Crippen molar-refractivity contribution in [2.45, 2.75) is 12.5 Å². The lowest BCUT2D eigenvalue weighted by Crippen LogP contribution is -2.31. The largest absolute Gasteiger partial charge is 0.364 e. The summed E-state index contributed by atoms with van der Waals surface area (Å²) in [7, 11) is 0. The number of hydrogen-bond donors (Lipinski definition) is 1. The van der Waals surface area contributed by atoms with Gasteiger partial charge in [0.15, 0.2) is 5.54 Å². The monoisotopic (exact) mass is 336 g/mol. The van der Waals surface area contributed by atoms with Crippen LogP contribution in [0.4, 0.5) is 14.5 Å². The summed E-state index contributed by atoms with van der Waals surface area (Å²) in [6.45, 7) is 1.57. The molecule has 0 saturated carbocycles. The van der Waals surface area contributed by atoms with Crippen molar-refractivity contribution in [3.05, 3.63) is 64.1 Å². The third kappa shape index (κ3) is 2.97. The maximum atomic E-state index is 13.9. The van der Waals surface area contributed by atoms with Gasteiger partial charge in [0, 0.05) is 15.7 Å². The molecule has 1 unspecified atom stereocenters. The number of nitrogens with zero attached hydrogens (tertiary/aromatic N) is 1. The van der Waals surface area contributed by atoms with E-state index in [1.807, 2.05) is 0 Å². The zero-order valence-corrected chi connectivity index (χ0v) is 12.2. The molecular formula is C15H11BrF2N2. The Bertz CT molecular complexity index is 665. The fourth-order valence-electron chi connectivity index (χ4n) is 1.86. The molecule has 0 bridgehead atoms. The van der Waals surface area contributed by atoms with Crippen LogP contribution in [0.25, 0.3) is 0 Å². The Hall–Kier alpha value is -1.93. The van der Waals surface area contributed by atoms with E-state index in [9.17, 15) is 14.0 Å². The van der Waals surface area contributed by atoms with E-state index in [4.69, 9.17) is 0 Å². The fourth-order valence-corrected chi connectivity index (χ4v) is 2.22. The maximum Gasteiger partial charge on any atom is 0.151 e. The summed E-state index contributed by atoms with van der Waals surface area (Å²) < 4.78 is 27.5. The highest BCUT2D eigenvalue weighted by molar-refractivity contribution is 9.10. The lowest BCUT2D eigenvalue weighted by atomic mass is 9.92. The Kier molecular flexibility index (Phi) is 4.05. The second kappa shape index (κ2) is 5.59. The number of rotatable bonds is 3. The first kappa shape index (κ1) is 14.5. The molecule has 1 atom stereocenters. The summed E-state index contributed by atoms with van der Waals surface area (Å²) in [5.74, 6) is -0.852. The molecular weight excluding hydrogens is 326 g/mol. The number of hydrogen-bond acceptors (Lipinski definition) is 2. The first-order valence-electron chi connectivity index (χ1n) is 5.85. The summed E-state index contributed by atoms with van der Waals surface area (Å²) >= 11 is 3.26. The topological polar surface area (TPSA) is 35.8 Å². The van der Waals surface area contributed by atoms with Gasteiger partial charge in [-0.3, -0.25) is 0 Å². The van der Waals surface area contributed by atoms with E-state index in [1.165, 1.54) is 30.3 Å². The van der Waals surface area contributed by atoms with Gasteiger partial charge in [0.1, 0.15) is 11.6 Å². The first-order chi connectivity index (χ1) is 9.44. The minimum Gasteiger partial charge on any atom is -0.364 e. The minimum atomic E-state index is -1.26. The Morgan fingerprint density at radius 2 is 1.80 bits per heavy atom. The Morgan fingerprint density at radius 3 is 2.40 bits per heavy atom. The van der Waals surface area contributed by atoms with Crippen molar-refractivity contribution < 1.29 is 8.78 Å². The summed E-state index contributed by atoms with van der Waals surface area (Å²) in [6.07, 6.45) is 0. The van der Waals surface area contributed by atoms with Crippen LogP contribution in [0.3, 0.4) is 0 Å². The van der Waals surface area contributed by atoms with Crippen LogP contribution in [-0.4, -0.2) is 0 Å².